The van der Waals surface area contributed by atoms with Gasteiger partial charge in [0.15, 0.2) is 5.78 Å². The highest BCUT2D eigenvalue weighted by molar-refractivity contribution is 5.89. The summed E-state index contributed by atoms with van der Waals surface area (Å²) >= 11 is 0. The second-order valence-electron chi connectivity index (χ2n) is 5.11. The largest absolute Gasteiger partial charge is 0.382 e. The zero-order chi connectivity index (χ0) is 9.53. The maximum atomic E-state index is 11.5. The van der Waals surface area contributed by atoms with E-state index in [2.05, 4.69) is 0 Å². The van der Waals surface area contributed by atoms with Crippen LogP contribution in [-0.4, -0.2) is 16.5 Å². The Morgan fingerprint density at radius 3 is 2.31 bits per heavy atom. The maximum absolute atomic E-state index is 11.5. The monoisotopic (exact) mass is 182 g/mol. The van der Waals surface area contributed by atoms with Gasteiger partial charge in [0.05, 0.1) is 0 Å². The number of carbonyl (C=O) groups excluding carboxylic acids is 1. The summed E-state index contributed by atoms with van der Waals surface area (Å²) in [6.07, 6.45) is 7.41. The first-order chi connectivity index (χ1) is 6.04. The Labute approximate surface area is 79.3 Å². The highest BCUT2D eigenvalue weighted by Crippen LogP contribution is 2.50. The molecule has 1 spiro atoms. The highest BCUT2D eigenvalue weighted by atomic mass is 16.3. The quantitative estimate of drug-likeness (QED) is 0.622. The first kappa shape index (κ1) is 9.20. The summed E-state index contributed by atoms with van der Waals surface area (Å²) in [5, 5.41) is 9.83. The first-order valence-corrected chi connectivity index (χ1v) is 5.30. The van der Waals surface area contributed by atoms with Crippen molar-refractivity contribution in [2.45, 2.75) is 57.5 Å². The Balaban J connectivity index is 2.14. The molecule has 0 amide bonds. The molecule has 1 atom stereocenters. The second kappa shape index (κ2) is 2.81. The van der Waals surface area contributed by atoms with E-state index in [1.165, 1.54) is 19.3 Å². The molecule has 1 N–H and O–H groups in total. The first-order valence-electron chi connectivity index (χ1n) is 5.30. The second-order valence-corrected chi connectivity index (χ2v) is 5.11. The molecule has 2 nitrogen and oxygen atoms in total. The van der Waals surface area contributed by atoms with Gasteiger partial charge in [0.25, 0.3) is 0 Å². The molecule has 2 fully saturated rings. The van der Waals surface area contributed by atoms with Gasteiger partial charge in [0.2, 0.25) is 0 Å². The Bertz CT molecular complexity index is 224. The lowest BCUT2D eigenvalue weighted by molar-refractivity contribution is -0.131. The van der Waals surface area contributed by atoms with Gasteiger partial charge in [-0.3, -0.25) is 4.79 Å². The van der Waals surface area contributed by atoms with E-state index in [9.17, 15) is 9.90 Å². The highest BCUT2D eigenvalue weighted by Gasteiger charge is 2.50. The SMILES string of the molecule is CC1(O)CC2(CCCCC2)CC1=O. The van der Waals surface area contributed by atoms with Crippen LogP contribution in [0.25, 0.3) is 0 Å². The molecule has 0 aromatic carbocycles. The molecule has 0 bridgehead atoms. The van der Waals surface area contributed by atoms with Crippen molar-refractivity contribution >= 4 is 5.78 Å². The van der Waals surface area contributed by atoms with Crippen molar-refractivity contribution in [1.82, 2.24) is 0 Å². The zero-order valence-corrected chi connectivity index (χ0v) is 8.31. The van der Waals surface area contributed by atoms with Gasteiger partial charge in [-0.05, 0) is 31.6 Å². The van der Waals surface area contributed by atoms with E-state index in [0.717, 1.165) is 12.8 Å². The minimum atomic E-state index is -1.02. The van der Waals surface area contributed by atoms with Crippen LogP contribution >= 0.6 is 0 Å². The molecule has 2 aliphatic rings. The molecular formula is C11H18O2. The molecule has 2 heteroatoms. The van der Waals surface area contributed by atoms with Crippen LogP contribution in [0.15, 0.2) is 0 Å². The third kappa shape index (κ3) is 1.52. The Kier molecular flexibility index (Phi) is 1.99. The van der Waals surface area contributed by atoms with Crippen LogP contribution in [0.5, 0.6) is 0 Å². The Morgan fingerprint density at radius 2 is 1.85 bits per heavy atom. The van der Waals surface area contributed by atoms with Crippen molar-refractivity contribution in [1.29, 1.82) is 0 Å². The molecule has 2 aliphatic carbocycles. The van der Waals surface area contributed by atoms with E-state index in [0.29, 0.717) is 12.8 Å². The number of hydrogen-bond donors (Lipinski definition) is 1. The lowest BCUT2D eigenvalue weighted by atomic mass is 9.72. The molecule has 0 aromatic rings. The molecule has 0 aliphatic heterocycles. The fraction of sp³-hybridized carbons (Fsp3) is 0.909. The number of Topliss-reactive ketones (excluding diaryl/α,β-unsaturated/α-hetero) is 1. The molecule has 2 rings (SSSR count). The fourth-order valence-corrected chi connectivity index (χ4v) is 3.08. The Hall–Kier alpha value is -0.370. The number of carbonyl (C=O) groups is 1. The van der Waals surface area contributed by atoms with Gasteiger partial charge in [0, 0.05) is 6.42 Å². The molecule has 1 unspecified atom stereocenters. The summed E-state index contributed by atoms with van der Waals surface area (Å²) in [5.41, 5.74) is -0.837. The van der Waals surface area contributed by atoms with Crippen LogP contribution in [0.3, 0.4) is 0 Å². The minimum absolute atomic E-state index is 0.0643. The standard InChI is InChI=1S/C11H18O2/c1-10(13)8-11(7-9(10)12)5-3-2-4-6-11/h13H,2-8H2,1H3. The van der Waals surface area contributed by atoms with E-state index in [1.54, 1.807) is 6.92 Å². The van der Waals surface area contributed by atoms with E-state index in [4.69, 9.17) is 0 Å². The third-order valence-corrected chi connectivity index (χ3v) is 3.77. The summed E-state index contributed by atoms with van der Waals surface area (Å²) in [5.74, 6) is 0.0643. The van der Waals surface area contributed by atoms with Crippen LogP contribution in [0.4, 0.5) is 0 Å². The van der Waals surface area contributed by atoms with Gasteiger partial charge >= 0.3 is 0 Å². The summed E-state index contributed by atoms with van der Waals surface area (Å²) in [7, 11) is 0. The average molecular weight is 182 g/mol. The smallest absolute Gasteiger partial charge is 0.164 e. The maximum Gasteiger partial charge on any atom is 0.164 e. The number of rotatable bonds is 0. The van der Waals surface area contributed by atoms with Gasteiger partial charge in [-0.25, -0.2) is 0 Å². The third-order valence-electron chi connectivity index (χ3n) is 3.77. The van der Waals surface area contributed by atoms with Crippen molar-refractivity contribution in [3.8, 4) is 0 Å². The van der Waals surface area contributed by atoms with Crippen molar-refractivity contribution in [3.63, 3.8) is 0 Å². The van der Waals surface area contributed by atoms with Crippen molar-refractivity contribution in [2.24, 2.45) is 5.41 Å². The van der Waals surface area contributed by atoms with E-state index >= 15 is 0 Å². The van der Waals surface area contributed by atoms with E-state index < -0.39 is 5.60 Å². The number of aliphatic hydroxyl groups is 1. The molecule has 0 saturated heterocycles. The van der Waals surface area contributed by atoms with Crippen LogP contribution in [-0.2, 0) is 4.79 Å². The predicted molar refractivity (Wildman–Crippen MR) is 50.4 cm³/mol. The number of hydrogen-bond acceptors (Lipinski definition) is 2. The van der Waals surface area contributed by atoms with Crippen LogP contribution < -0.4 is 0 Å². The van der Waals surface area contributed by atoms with Crippen molar-refractivity contribution in [2.75, 3.05) is 0 Å². The number of ketones is 1. The summed E-state index contributed by atoms with van der Waals surface area (Å²) in [6, 6.07) is 0. The molecule has 13 heavy (non-hydrogen) atoms. The predicted octanol–water partition coefficient (Wildman–Crippen LogP) is 2.05. The molecule has 2 saturated carbocycles. The average Bonchev–Trinajstić information content (AvgIpc) is 2.23. The van der Waals surface area contributed by atoms with Gasteiger partial charge in [0.1, 0.15) is 5.60 Å². The lowest BCUT2D eigenvalue weighted by Gasteiger charge is -2.33. The van der Waals surface area contributed by atoms with Gasteiger partial charge in [-0.2, -0.15) is 0 Å². The normalized spacial score (nSPS) is 38.5. The molecule has 0 heterocycles. The van der Waals surface area contributed by atoms with E-state index in [1.807, 2.05) is 0 Å². The van der Waals surface area contributed by atoms with Crippen molar-refractivity contribution in [3.05, 3.63) is 0 Å². The lowest BCUT2D eigenvalue weighted by Crippen LogP contribution is -2.30. The topological polar surface area (TPSA) is 37.3 Å². The summed E-state index contributed by atoms with van der Waals surface area (Å²) in [6.45, 7) is 1.68. The van der Waals surface area contributed by atoms with E-state index in [-0.39, 0.29) is 11.2 Å². The summed E-state index contributed by atoms with van der Waals surface area (Å²) in [4.78, 5) is 11.5. The van der Waals surface area contributed by atoms with Crippen LogP contribution in [0.2, 0.25) is 0 Å². The zero-order valence-electron chi connectivity index (χ0n) is 8.31. The molecule has 74 valence electrons. The Morgan fingerprint density at radius 1 is 1.23 bits per heavy atom. The van der Waals surface area contributed by atoms with Gasteiger partial charge < -0.3 is 5.11 Å². The van der Waals surface area contributed by atoms with Crippen molar-refractivity contribution < 1.29 is 9.90 Å². The van der Waals surface area contributed by atoms with Crippen LogP contribution in [0.1, 0.15) is 51.9 Å². The van der Waals surface area contributed by atoms with Gasteiger partial charge in [-0.1, -0.05) is 19.3 Å². The molecule has 0 radical (unpaired) electrons. The van der Waals surface area contributed by atoms with Gasteiger partial charge in [-0.15, -0.1) is 0 Å². The fourth-order valence-electron chi connectivity index (χ4n) is 3.08. The molecule has 0 aromatic heterocycles. The molecular weight excluding hydrogens is 164 g/mol. The minimum Gasteiger partial charge on any atom is -0.382 e. The van der Waals surface area contributed by atoms with Crippen LogP contribution in [0, 0.1) is 5.41 Å². The summed E-state index contributed by atoms with van der Waals surface area (Å²) < 4.78 is 0.